The Labute approximate surface area is 181 Å². The molecule has 4 aromatic rings. The summed E-state index contributed by atoms with van der Waals surface area (Å²) in [6.07, 6.45) is 0.234. The van der Waals surface area contributed by atoms with Gasteiger partial charge in [-0.3, -0.25) is 9.59 Å². The molecule has 0 saturated heterocycles. The fourth-order valence-corrected chi connectivity index (χ4v) is 3.70. The number of hydrogen-bond donors (Lipinski definition) is 2. The van der Waals surface area contributed by atoms with Crippen molar-refractivity contribution >= 4 is 28.3 Å². The molecule has 1 atom stereocenters. The molecule has 31 heavy (non-hydrogen) atoms. The highest BCUT2D eigenvalue weighted by Gasteiger charge is 2.16. The van der Waals surface area contributed by atoms with Crippen molar-refractivity contribution in [2.45, 2.75) is 19.4 Å². The van der Waals surface area contributed by atoms with E-state index < -0.39 is 0 Å². The number of benzene rings is 4. The molecule has 0 heterocycles. The third-order valence-electron chi connectivity index (χ3n) is 5.32. The Hall–Kier alpha value is -3.92. The summed E-state index contributed by atoms with van der Waals surface area (Å²) in [5.41, 5.74) is 2.92. The van der Waals surface area contributed by atoms with Crippen LogP contribution in [0.5, 0.6) is 0 Å². The zero-order valence-electron chi connectivity index (χ0n) is 17.3. The van der Waals surface area contributed by atoms with Gasteiger partial charge in [0.15, 0.2) is 0 Å². The second-order valence-electron chi connectivity index (χ2n) is 7.51. The molecule has 0 aliphatic rings. The van der Waals surface area contributed by atoms with Gasteiger partial charge < -0.3 is 10.6 Å². The minimum absolute atomic E-state index is 0.145. The second-order valence-corrected chi connectivity index (χ2v) is 7.51. The van der Waals surface area contributed by atoms with E-state index in [9.17, 15) is 9.59 Å². The molecule has 4 nitrogen and oxygen atoms in total. The fourth-order valence-electron chi connectivity index (χ4n) is 3.70. The summed E-state index contributed by atoms with van der Waals surface area (Å²) in [5, 5.41) is 8.09. The molecule has 0 radical (unpaired) electrons. The maximum Gasteiger partial charge on any atom is 0.253 e. The number of carbonyl (C=O) groups is 2. The van der Waals surface area contributed by atoms with E-state index in [-0.39, 0.29) is 24.3 Å². The molecule has 4 aromatic carbocycles. The number of amides is 2. The average molecular weight is 409 g/mol. The SMILES string of the molecule is CC(NC(=O)c1ccccc1NC(=O)Cc1cccc2ccccc12)c1ccccc1. The van der Waals surface area contributed by atoms with Gasteiger partial charge in [-0.1, -0.05) is 84.9 Å². The summed E-state index contributed by atoms with van der Waals surface area (Å²) in [6.45, 7) is 1.94. The molecule has 0 saturated carbocycles. The molecular formula is C27H24N2O2. The number of fused-ring (bicyclic) bond motifs is 1. The fraction of sp³-hybridized carbons (Fsp3) is 0.111. The summed E-state index contributed by atoms with van der Waals surface area (Å²) in [7, 11) is 0. The van der Waals surface area contributed by atoms with Gasteiger partial charge in [-0.25, -0.2) is 0 Å². The molecule has 2 N–H and O–H groups in total. The van der Waals surface area contributed by atoms with Crippen molar-refractivity contribution in [3.05, 3.63) is 114 Å². The highest BCUT2D eigenvalue weighted by molar-refractivity contribution is 6.04. The maximum absolute atomic E-state index is 12.9. The quantitative estimate of drug-likeness (QED) is 0.442. The predicted octanol–water partition coefficient (Wildman–Crippen LogP) is 5.51. The zero-order valence-corrected chi connectivity index (χ0v) is 17.3. The molecule has 0 bridgehead atoms. The number of hydrogen-bond acceptors (Lipinski definition) is 2. The number of anilines is 1. The van der Waals surface area contributed by atoms with E-state index in [4.69, 9.17) is 0 Å². The van der Waals surface area contributed by atoms with Crippen LogP contribution in [0.3, 0.4) is 0 Å². The van der Waals surface area contributed by atoms with Crippen LogP contribution < -0.4 is 10.6 Å². The molecule has 0 spiro atoms. The molecular weight excluding hydrogens is 384 g/mol. The third-order valence-corrected chi connectivity index (χ3v) is 5.32. The highest BCUT2D eigenvalue weighted by Crippen LogP contribution is 2.21. The molecule has 0 aliphatic carbocycles. The number of nitrogens with one attached hydrogen (secondary N) is 2. The Balaban J connectivity index is 1.49. The van der Waals surface area contributed by atoms with Gasteiger partial charge in [-0.15, -0.1) is 0 Å². The van der Waals surface area contributed by atoms with Crippen molar-refractivity contribution in [1.29, 1.82) is 0 Å². The van der Waals surface area contributed by atoms with Crippen molar-refractivity contribution in [2.24, 2.45) is 0 Å². The number of rotatable bonds is 6. The Morgan fingerprint density at radius 2 is 1.45 bits per heavy atom. The minimum Gasteiger partial charge on any atom is -0.345 e. The summed E-state index contributed by atoms with van der Waals surface area (Å²) in [4.78, 5) is 25.7. The Morgan fingerprint density at radius 3 is 2.29 bits per heavy atom. The minimum atomic E-state index is -0.225. The van der Waals surface area contributed by atoms with E-state index in [0.29, 0.717) is 11.3 Å². The predicted molar refractivity (Wildman–Crippen MR) is 125 cm³/mol. The van der Waals surface area contributed by atoms with Crippen LogP contribution in [0, 0.1) is 0 Å². The summed E-state index contributed by atoms with van der Waals surface area (Å²) >= 11 is 0. The first kappa shape index (κ1) is 20.4. The molecule has 2 amide bonds. The summed E-state index contributed by atoms with van der Waals surface area (Å²) in [6, 6.07) is 30.7. The lowest BCUT2D eigenvalue weighted by atomic mass is 10.0. The van der Waals surface area contributed by atoms with Crippen LogP contribution in [0.15, 0.2) is 97.1 Å². The van der Waals surface area contributed by atoms with E-state index in [1.807, 2.05) is 85.8 Å². The van der Waals surface area contributed by atoms with Gasteiger partial charge in [0.1, 0.15) is 0 Å². The van der Waals surface area contributed by atoms with Gasteiger partial charge in [0, 0.05) is 0 Å². The molecule has 0 aromatic heterocycles. The molecule has 0 aliphatic heterocycles. The second kappa shape index (κ2) is 9.26. The van der Waals surface area contributed by atoms with Gasteiger partial charge in [-0.05, 0) is 41.0 Å². The van der Waals surface area contributed by atoms with Crippen molar-refractivity contribution in [1.82, 2.24) is 5.32 Å². The van der Waals surface area contributed by atoms with E-state index >= 15 is 0 Å². The average Bonchev–Trinajstić information content (AvgIpc) is 2.80. The van der Waals surface area contributed by atoms with Crippen LogP contribution >= 0.6 is 0 Å². The van der Waals surface area contributed by atoms with Crippen LogP contribution in [0.2, 0.25) is 0 Å². The van der Waals surface area contributed by atoms with Crippen molar-refractivity contribution in [2.75, 3.05) is 5.32 Å². The lowest BCUT2D eigenvalue weighted by molar-refractivity contribution is -0.115. The number of carbonyl (C=O) groups excluding carboxylic acids is 2. The van der Waals surface area contributed by atoms with E-state index in [1.165, 1.54) is 0 Å². The van der Waals surface area contributed by atoms with Crippen molar-refractivity contribution in [3.63, 3.8) is 0 Å². The van der Waals surface area contributed by atoms with Gasteiger partial charge in [0.25, 0.3) is 5.91 Å². The Bertz CT molecular complexity index is 1210. The molecule has 4 rings (SSSR count). The number of para-hydroxylation sites is 1. The van der Waals surface area contributed by atoms with Crippen LogP contribution in [0.25, 0.3) is 10.8 Å². The highest BCUT2D eigenvalue weighted by atomic mass is 16.2. The summed E-state index contributed by atoms with van der Waals surface area (Å²) in [5.74, 6) is -0.384. The molecule has 4 heteroatoms. The van der Waals surface area contributed by atoms with Crippen LogP contribution in [0.4, 0.5) is 5.69 Å². The Kier molecular flexibility index (Phi) is 6.08. The summed E-state index contributed by atoms with van der Waals surface area (Å²) < 4.78 is 0. The van der Waals surface area contributed by atoms with Gasteiger partial charge in [0.05, 0.1) is 23.7 Å². The smallest absolute Gasteiger partial charge is 0.253 e. The van der Waals surface area contributed by atoms with Crippen LogP contribution in [0.1, 0.15) is 34.5 Å². The lowest BCUT2D eigenvalue weighted by Crippen LogP contribution is -2.28. The van der Waals surface area contributed by atoms with Crippen LogP contribution in [-0.2, 0) is 11.2 Å². The lowest BCUT2D eigenvalue weighted by Gasteiger charge is -2.16. The standard InChI is InChI=1S/C27H24N2O2/c1-19(20-10-3-2-4-11-20)28-27(31)24-16-7-8-17-25(24)29-26(30)18-22-14-9-13-21-12-5-6-15-23(21)22/h2-17,19H,18H2,1H3,(H,28,31)(H,29,30). The monoisotopic (exact) mass is 408 g/mol. The molecule has 0 fully saturated rings. The first-order valence-electron chi connectivity index (χ1n) is 10.3. The van der Waals surface area contributed by atoms with Gasteiger partial charge >= 0.3 is 0 Å². The maximum atomic E-state index is 12.9. The third kappa shape index (κ3) is 4.81. The van der Waals surface area contributed by atoms with Crippen LogP contribution in [-0.4, -0.2) is 11.8 Å². The first-order valence-corrected chi connectivity index (χ1v) is 10.3. The topological polar surface area (TPSA) is 58.2 Å². The van der Waals surface area contributed by atoms with Crippen molar-refractivity contribution < 1.29 is 9.59 Å². The van der Waals surface area contributed by atoms with Gasteiger partial charge in [0.2, 0.25) is 5.91 Å². The Morgan fingerprint density at radius 1 is 0.774 bits per heavy atom. The van der Waals surface area contributed by atoms with Crippen molar-refractivity contribution in [3.8, 4) is 0 Å². The zero-order chi connectivity index (χ0) is 21.6. The molecule has 154 valence electrons. The molecule has 1 unspecified atom stereocenters. The van der Waals surface area contributed by atoms with Gasteiger partial charge in [-0.2, -0.15) is 0 Å². The van der Waals surface area contributed by atoms with E-state index in [2.05, 4.69) is 10.6 Å². The first-order chi connectivity index (χ1) is 15.1. The van der Waals surface area contributed by atoms with E-state index in [1.54, 1.807) is 18.2 Å². The van der Waals surface area contributed by atoms with E-state index in [0.717, 1.165) is 21.9 Å². The largest absolute Gasteiger partial charge is 0.345 e. The normalized spacial score (nSPS) is 11.6.